The minimum atomic E-state index is -2.85. The monoisotopic (exact) mass is 432 g/mol. The van der Waals surface area contributed by atoms with Gasteiger partial charge < -0.3 is 20.1 Å². The van der Waals surface area contributed by atoms with Crippen LogP contribution in [0.1, 0.15) is 23.6 Å². The van der Waals surface area contributed by atoms with Crippen molar-refractivity contribution in [1.29, 1.82) is 0 Å². The van der Waals surface area contributed by atoms with Crippen LogP contribution < -0.4 is 15.4 Å². The van der Waals surface area contributed by atoms with Crippen molar-refractivity contribution >= 4 is 5.96 Å². The largest absolute Gasteiger partial charge is 0.434 e. The first-order chi connectivity index (χ1) is 15.1. The highest BCUT2D eigenvalue weighted by Gasteiger charge is 2.11. The van der Waals surface area contributed by atoms with Crippen LogP contribution in [0, 0.1) is 0 Å². The van der Waals surface area contributed by atoms with Crippen LogP contribution in [0.15, 0.2) is 53.5 Å². The van der Waals surface area contributed by atoms with Crippen molar-refractivity contribution in [2.45, 2.75) is 33.2 Å². The summed E-state index contributed by atoms with van der Waals surface area (Å²) in [5.41, 5.74) is 3.01. The molecule has 2 aromatic carbocycles. The Morgan fingerprint density at radius 1 is 1.10 bits per heavy atom. The molecule has 1 aliphatic rings. The molecule has 1 saturated heterocycles. The van der Waals surface area contributed by atoms with E-state index in [2.05, 4.69) is 49.5 Å². The number of hydrogen-bond donors (Lipinski definition) is 2. The van der Waals surface area contributed by atoms with Gasteiger partial charge in [0.2, 0.25) is 0 Å². The summed E-state index contributed by atoms with van der Waals surface area (Å²) in [7, 11) is 0. The highest BCUT2D eigenvalue weighted by atomic mass is 19.3. The van der Waals surface area contributed by atoms with Gasteiger partial charge >= 0.3 is 6.61 Å². The van der Waals surface area contributed by atoms with Crippen LogP contribution in [0.2, 0.25) is 0 Å². The third-order valence-corrected chi connectivity index (χ3v) is 4.90. The first kappa shape index (κ1) is 23.0. The van der Waals surface area contributed by atoms with E-state index >= 15 is 0 Å². The van der Waals surface area contributed by atoms with Gasteiger partial charge in [-0.2, -0.15) is 8.78 Å². The minimum absolute atomic E-state index is 0.164. The number of ether oxygens (including phenoxy) is 2. The number of para-hydroxylation sites is 1. The lowest BCUT2D eigenvalue weighted by Gasteiger charge is -2.26. The molecule has 168 valence electrons. The number of alkyl halides is 2. The van der Waals surface area contributed by atoms with Crippen molar-refractivity contribution in [2.24, 2.45) is 4.99 Å². The van der Waals surface area contributed by atoms with E-state index in [9.17, 15) is 8.78 Å². The van der Waals surface area contributed by atoms with E-state index in [1.165, 1.54) is 11.6 Å². The topological polar surface area (TPSA) is 58.1 Å². The van der Waals surface area contributed by atoms with Crippen molar-refractivity contribution in [3.8, 4) is 5.75 Å². The van der Waals surface area contributed by atoms with Crippen LogP contribution >= 0.6 is 0 Å². The molecule has 2 N–H and O–H groups in total. The lowest BCUT2D eigenvalue weighted by molar-refractivity contribution is -0.0504. The lowest BCUT2D eigenvalue weighted by atomic mass is 10.1. The molecule has 0 radical (unpaired) electrons. The van der Waals surface area contributed by atoms with Gasteiger partial charge in [0, 0.05) is 38.3 Å². The van der Waals surface area contributed by atoms with Crippen molar-refractivity contribution in [1.82, 2.24) is 15.5 Å². The summed E-state index contributed by atoms with van der Waals surface area (Å²) in [6.45, 7) is 5.04. The van der Waals surface area contributed by atoms with Crippen LogP contribution in [-0.4, -0.2) is 50.3 Å². The predicted octanol–water partition coefficient (Wildman–Crippen LogP) is 3.38. The average Bonchev–Trinajstić information content (AvgIpc) is 2.77. The molecule has 1 heterocycles. The van der Waals surface area contributed by atoms with E-state index in [-0.39, 0.29) is 5.75 Å². The molecule has 0 aromatic heterocycles. The lowest BCUT2D eigenvalue weighted by Crippen LogP contribution is -2.37. The number of rotatable bonds is 9. The van der Waals surface area contributed by atoms with Gasteiger partial charge in [-0.3, -0.25) is 4.90 Å². The highest BCUT2D eigenvalue weighted by Crippen LogP contribution is 2.20. The molecule has 31 heavy (non-hydrogen) atoms. The zero-order valence-electron chi connectivity index (χ0n) is 17.8. The van der Waals surface area contributed by atoms with E-state index < -0.39 is 6.61 Å². The average molecular weight is 433 g/mol. The molecule has 1 aliphatic heterocycles. The minimum Gasteiger partial charge on any atom is -0.434 e. The van der Waals surface area contributed by atoms with Gasteiger partial charge in [-0.05, 0) is 24.1 Å². The smallest absolute Gasteiger partial charge is 0.387 e. The number of hydrogen-bond acceptors (Lipinski definition) is 4. The summed E-state index contributed by atoms with van der Waals surface area (Å²) < 4.78 is 35.3. The Bertz CT molecular complexity index is 842. The fourth-order valence-corrected chi connectivity index (χ4v) is 3.40. The third kappa shape index (κ3) is 7.80. The Balaban J connectivity index is 1.60. The number of nitrogens with one attached hydrogen (secondary N) is 2. The van der Waals surface area contributed by atoms with Gasteiger partial charge in [0.25, 0.3) is 0 Å². The fourth-order valence-electron chi connectivity index (χ4n) is 3.40. The molecule has 0 aliphatic carbocycles. The molecule has 3 rings (SSSR count). The second kappa shape index (κ2) is 12.2. The number of benzene rings is 2. The molecule has 6 nitrogen and oxygen atoms in total. The zero-order chi connectivity index (χ0) is 21.9. The van der Waals surface area contributed by atoms with Crippen LogP contribution in [0.3, 0.4) is 0 Å². The van der Waals surface area contributed by atoms with Crippen LogP contribution in [0.4, 0.5) is 8.78 Å². The molecular weight excluding hydrogens is 402 g/mol. The standard InChI is InChI=1S/C23H30F2N4O2/c1-2-26-23(28-16-20-8-3-4-9-21(20)31-22(24)25)27-15-18-6-5-7-19(14-18)17-29-10-12-30-13-11-29/h3-9,14,22H,2,10-13,15-17H2,1H3,(H2,26,27,28). The maximum atomic E-state index is 12.6. The number of guanidine groups is 1. The van der Waals surface area contributed by atoms with Gasteiger partial charge in [-0.1, -0.05) is 42.5 Å². The van der Waals surface area contributed by atoms with Crippen LogP contribution in [0.5, 0.6) is 5.75 Å². The van der Waals surface area contributed by atoms with Crippen molar-refractivity contribution in [3.63, 3.8) is 0 Å². The summed E-state index contributed by atoms with van der Waals surface area (Å²) in [5, 5.41) is 6.38. The highest BCUT2D eigenvalue weighted by molar-refractivity contribution is 5.79. The van der Waals surface area contributed by atoms with E-state index in [0.29, 0.717) is 31.2 Å². The van der Waals surface area contributed by atoms with Crippen LogP contribution in [0.25, 0.3) is 0 Å². The number of halogens is 2. The van der Waals surface area contributed by atoms with Crippen molar-refractivity contribution < 1.29 is 18.3 Å². The summed E-state index contributed by atoms with van der Waals surface area (Å²) in [4.78, 5) is 7.03. The van der Waals surface area contributed by atoms with E-state index in [1.807, 2.05) is 6.92 Å². The molecule has 0 bridgehead atoms. The zero-order valence-corrected chi connectivity index (χ0v) is 17.8. The van der Waals surface area contributed by atoms with E-state index in [0.717, 1.165) is 38.4 Å². The quantitative estimate of drug-likeness (QED) is 0.470. The number of aliphatic imine (C=N–C) groups is 1. The molecule has 2 aromatic rings. The molecule has 0 amide bonds. The molecule has 8 heteroatoms. The Morgan fingerprint density at radius 3 is 2.65 bits per heavy atom. The van der Waals surface area contributed by atoms with Gasteiger partial charge in [-0.25, -0.2) is 4.99 Å². The second-order valence-electron chi connectivity index (χ2n) is 7.24. The van der Waals surface area contributed by atoms with Crippen molar-refractivity contribution in [3.05, 3.63) is 65.2 Å². The number of nitrogens with zero attached hydrogens (tertiary/aromatic N) is 2. The van der Waals surface area contributed by atoms with Crippen LogP contribution in [-0.2, 0) is 24.4 Å². The molecule has 1 fully saturated rings. The van der Waals surface area contributed by atoms with E-state index in [1.54, 1.807) is 18.2 Å². The Hall–Kier alpha value is -2.71. The first-order valence-electron chi connectivity index (χ1n) is 10.6. The van der Waals surface area contributed by atoms with Gasteiger partial charge in [0.15, 0.2) is 5.96 Å². The first-order valence-corrected chi connectivity index (χ1v) is 10.6. The molecular formula is C23H30F2N4O2. The summed E-state index contributed by atoms with van der Waals surface area (Å²) in [6, 6.07) is 15.2. The molecule has 0 atom stereocenters. The maximum Gasteiger partial charge on any atom is 0.387 e. The van der Waals surface area contributed by atoms with Gasteiger partial charge in [-0.15, -0.1) is 0 Å². The SMILES string of the molecule is CCNC(=NCc1cccc(CN2CCOCC2)c1)NCc1ccccc1OC(F)F. The van der Waals surface area contributed by atoms with Gasteiger partial charge in [0.1, 0.15) is 5.75 Å². The summed E-state index contributed by atoms with van der Waals surface area (Å²) in [5.74, 6) is 0.782. The fraction of sp³-hybridized carbons (Fsp3) is 0.435. The molecule has 0 spiro atoms. The Kier molecular flexibility index (Phi) is 9.05. The molecule has 0 unspecified atom stereocenters. The predicted molar refractivity (Wildman–Crippen MR) is 117 cm³/mol. The molecule has 0 saturated carbocycles. The van der Waals surface area contributed by atoms with Crippen molar-refractivity contribution in [2.75, 3.05) is 32.8 Å². The normalized spacial score (nSPS) is 15.2. The summed E-state index contributed by atoms with van der Waals surface area (Å²) in [6.07, 6.45) is 0. The maximum absolute atomic E-state index is 12.6. The van der Waals surface area contributed by atoms with E-state index in [4.69, 9.17) is 4.74 Å². The van der Waals surface area contributed by atoms with Gasteiger partial charge in [0.05, 0.1) is 19.8 Å². The summed E-state index contributed by atoms with van der Waals surface area (Å²) >= 11 is 0. The Morgan fingerprint density at radius 2 is 1.87 bits per heavy atom. The third-order valence-electron chi connectivity index (χ3n) is 4.90. The number of morpholine rings is 1. The Labute approximate surface area is 182 Å². The second-order valence-corrected chi connectivity index (χ2v) is 7.24.